The number of ketones is 1. The minimum absolute atomic E-state index is 0.110. The molecule has 0 rings (SSSR count). The van der Waals surface area contributed by atoms with Gasteiger partial charge in [-0.15, -0.1) is 0 Å². The molecule has 0 aromatic heterocycles. The van der Waals surface area contributed by atoms with Gasteiger partial charge in [0.1, 0.15) is 0 Å². The van der Waals surface area contributed by atoms with Gasteiger partial charge in [-0.1, -0.05) is 0 Å². The van der Waals surface area contributed by atoms with Crippen LogP contribution in [-0.4, -0.2) is 57.0 Å². The van der Waals surface area contributed by atoms with Crippen LogP contribution in [0.3, 0.4) is 0 Å². The van der Waals surface area contributed by atoms with Crippen molar-refractivity contribution in [2.75, 3.05) is 14.2 Å². The van der Waals surface area contributed by atoms with Gasteiger partial charge in [-0.3, -0.25) is 0 Å². The van der Waals surface area contributed by atoms with Gasteiger partial charge >= 0.3 is 99.8 Å². The predicted octanol–water partition coefficient (Wildman–Crippen LogP) is 0.609. The fraction of sp³-hybridized carbons (Fsp3) is 0.667. The van der Waals surface area contributed by atoms with Crippen molar-refractivity contribution in [1.29, 1.82) is 0 Å². The molecule has 4 nitrogen and oxygen atoms in total. The Morgan fingerprint density at radius 3 is 2.07 bits per heavy atom. The molecule has 0 aromatic carbocycles. The maximum absolute atomic E-state index is 11.4. The van der Waals surface area contributed by atoms with E-state index in [-0.39, 0.29) is 11.9 Å². The van der Waals surface area contributed by atoms with Gasteiger partial charge in [0, 0.05) is 0 Å². The zero-order valence-corrected chi connectivity index (χ0v) is 12.2. The summed E-state index contributed by atoms with van der Waals surface area (Å²) in [7, 11) is 3.07. The first kappa shape index (κ1) is 14.0. The van der Waals surface area contributed by atoms with Crippen LogP contribution >= 0.6 is 0 Å². The van der Waals surface area contributed by atoms with Gasteiger partial charge < -0.3 is 0 Å². The van der Waals surface area contributed by atoms with Crippen molar-refractivity contribution >= 4 is 30.6 Å². The molecule has 14 heavy (non-hydrogen) atoms. The van der Waals surface area contributed by atoms with Crippen molar-refractivity contribution in [1.82, 2.24) is 0 Å². The van der Waals surface area contributed by atoms with Gasteiger partial charge in [0.2, 0.25) is 0 Å². The fourth-order valence-electron chi connectivity index (χ4n) is 0.737. The summed E-state index contributed by atoms with van der Waals surface area (Å²) in [5, 5.41) is 0. The molecule has 0 saturated heterocycles. The van der Waals surface area contributed by atoms with Crippen molar-refractivity contribution in [3.63, 3.8) is 0 Å². The molecule has 0 bridgehead atoms. The number of hydrogen-bond acceptors (Lipinski definition) is 4. The molecule has 0 N–H and O–H groups in total. The topological polar surface area (TPSA) is 44.8 Å². The summed E-state index contributed by atoms with van der Waals surface area (Å²) in [6, 6.07) is 0. The van der Waals surface area contributed by atoms with Gasteiger partial charge in [-0.25, -0.2) is 0 Å². The Hall–Kier alpha value is 0.000130. The summed E-state index contributed by atoms with van der Waals surface area (Å²) >= 11 is 0.598. The Kier molecular flexibility index (Phi) is 7.31. The normalized spacial score (nSPS) is 16.1. The molecule has 0 fully saturated rings. The molecule has 2 radical (unpaired) electrons. The van der Waals surface area contributed by atoms with Crippen molar-refractivity contribution in [2.45, 2.75) is 26.1 Å². The first-order valence-electron chi connectivity index (χ1n) is 4.24. The van der Waals surface area contributed by atoms with Crippen LogP contribution in [0.5, 0.6) is 0 Å². The van der Waals surface area contributed by atoms with E-state index in [0.717, 1.165) is 0 Å². The molecular weight excluding hydrogens is 287 g/mol. The number of carbonyl (C=O) groups excluding carboxylic acids is 1. The Balaban J connectivity index is 4.50. The van der Waals surface area contributed by atoms with Gasteiger partial charge in [-0.2, -0.15) is 0 Å². The Morgan fingerprint density at radius 2 is 1.71 bits per heavy atom. The van der Waals surface area contributed by atoms with Crippen LogP contribution in [0.4, 0.5) is 0 Å². The van der Waals surface area contributed by atoms with Crippen molar-refractivity contribution in [3.05, 3.63) is 11.8 Å². The Labute approximate surface area is 99.8 Å². The second-order valence-corrected chi connectivity index (χ2v) is 3.50. The number of carbonyl (C=O) groups is 1. The molecule has 0 aliphatic heterocycles. The van der Waals surface area contributed by atoms with E-state index in [2.05, 4.69) is 0 Å². The molecule has 2 unspecified atom stereocenters. The fourth-order valence-corrected chi connectivity index (χ4v) is 1.48. The second kappa shape index (κ2) is 7.31. The summed E-state index contributed by atoms with van der Waals surface area (Å²) in [6.45, 7) is 3.52. The van der Waals surface area contributed by atoms with Crippen LogP contribution in [0.25, 0.3) is 0 Å². The summed E-state index contributed by atoms with van der Waals surface area (Å²) in [5.74, 6) is 0.449. The number of hydrogen-bond donors (Lipinski definition) is 0. The molecule has 0 saturated carbocycles. The van der Waals surface area contributed by atoms with E-state index < -0.39 is 6.10 Å². The molecule has 78 valence electrons. The second-order valence-electron chi connectivity index (χ2n) is 2.82. The van der Waals surface area contributed by atoms with Gasteiger partial charge in [0.05, 0.1) is 0 Å². The van der Waals surface area contributed by atoms with Crippen LogP contribution in [0.1, 0.15) is 13.8 Å². The van der Waals surface area contributed by atoms with E-state index in [1.54, 1.807) is 14.0 Å². The zero-order chi connectivity index (χ0) is 11.1. The van der Waals surface area contributed by atoms with Crippen LogP contribution < -0.4 is 0 Å². The molecule has 0 amide bonds. The first-order valence-corrected chi connectivity index (χ1v) is 5.59. The average Bonchev–Trinajstić information content (AvgIpc) is 2.22. The van der Waals surface area contributed by atoms with E-state index in [1.165, 1.54) is 13.2 Å². The third kappa shape index (κ3) is 4.48. The van der Waals surface area contributed by atoms with Gasteiger partial charge in [-0.05, 0) is 0 Å². The van der Waals surface area contributed by atoms with E-state index in [4.69, 9.17) is 12.3 Å². The maximum atomic E-state index is 11.4. The Morgan fingerprint density at radius 1 is 1.21 bits per heavy atom. The Bertz CT molecular complexity index is 215. The van der Waals surface area contributed by atoms with E-state index in [9.17, 15) is 4.79 Å². The van der Waals surface area contributed by atoms with E-state index in [1.807, 2.05) is 6.92 Å². The SMILES string of the molecule is COC(C)C(=O)/C=C(\[O][In])C(C)OC. The number of methoxy groups -OCH3 is 2. The van der Waals surface area contributed by atoms with E-state index >= 15 is 0 Å². The van der Waals surface area contributed by atoms with E-state index in [0.29, 0.717) is 30.6 Å². The monoisotopic (exact) mass is 302 g/mol. The molecule has 2 atom stereocenters. The third-order valence-corrected chi connectivity index (χ3v) is 2.71. The molecule has 0 aliphatic rings. The summed E-state index contributed by atoms with van der Waals surface area (Å²) in [4.78, 5) is 11.4. The van der Waals surface area contributed by atoms with Crippen LogP contribution in [0.15, 0.2) is 11.8 Å². The molecule has 5 heteroatoms. The molecule has 0 spiro atoms. The van der Waals surface area contributed by atoms with Crippen LogP contribution in [-0.2, 0) is 17.1 Å². The molecule has 0 aliphatic carbocycles. The standard InChI is InChI=1S/C9H16O4.In/c1-6(12-3)8(10)5-9(11)7(2)13-4;/h5-7,10H,1-4H3;/q;+1/p-1/b8-5-;. The summed E-state index contributed by atoms with van der Waals surface area (Å²) in [6.07, 6.45) is 0.801. The first-order chi connectivity index (χ1) is 6.56. The predicted molar refractivity (Wildman–Crippen MR) is 52.9 cm³/mol. The average molecular weight is 302 g/mol. The summed E-state index contributed by atoms with van der Waals surface area (Å²) in [5.41, 5.74) is 0. The quantitative estimate of drug-likeness (QED) is 0.533. The molecule has 0 heterocycles. The van der Waals surface area contributed by atoms with Gasteiger partial charge in [0.25, 0.3) is 0 Å². The van der Waals surface area contributed by atoms with Crippen molar-refractivity contribution in [3.8, 4) is 0 Å². The van der Waals surface area contributed by atoms with Crippen molar-refractivity contribution in [2.24, 2.45) is 0 Å². The van der Waals surface area contributed by atoms with Crippen molar-refractivity contribution < 1.29 is 17.1 Å². The van der Waals surface area contributed by atoms with Gasteiger partial charge in [0.15, 0.2) is 0 Å². The molecule has 0 aromatic rings. The third-order valence-electron chi connectivity index (χ3n) is 1.93. The van der Waals surface area contributed by atoms with Crippen LogP contribution in [0.2, 0.25) is 0 Å². The number of ether oxygens (including phenoxy) is 2. The van der Waals surface area contributed by atoms with Crippen LogP contribution in [0, 0.1) is 0 Å². The molecular formula is C9H15InO4. The number of rotatable bonds is 6. The minimum atomic E-state index is -0.440. The zero-order valence-electron chi connectivity index (χ0n) is 8.94. The summed E-state index contributed by atoms with van der Waals surface area (Å²) < 4.78 is 15.1.